The minimum absolute atomic E-state index is 0.155. The number of para-hydroxylation sites is 3. The third-order valence-electron chi connectivity index (χ3n) is 12.4. The summed E-state index contributed by atoms with van der Waals surface area (Å²) >= 11 is 0. The highest BCUT2D eigenvalue weighted by atomic mass is 15.0. The van der Waals surface area contributed by atoms with E-state index in [4.69, 9.17) is 9.97 Å². The lowest BCUT2D eigenvalue weighted by Crippen LogP contribution is -2.06. The average molecular weight is 793 g/mol. The van der Waals surface area contributed by atoms with Gasteiger partial charge in [-0.2, -0.15) is 0 Å². The van der Waals surface area contributed by atoms with Crippen LogP contribution in [-0.4, -0.2) is 19.1 Å². The molecule has 0 fully saturated rings. The lowest BCUT2D eigenvalue weighted by atomic mass is 9.92. The topological polar surface area (TPSA) is 35.6 Å². The van der Waals surface area contributed by atoms with Crippen LogP contribution in [0.15, 0.2) is 224 Å². The standard InChI is InChI=1S/C58H40N4/c1-6-20-39(21-7-1)49-36-43(58-59-51(41-24-10-3-11-25-41)38-52(60-58)42-26-12-4-13-27-42)37-50(40-22-8-2-9-23-40)55(49)62-54-33-19-17-31-46(54)48-35-34-47-45-30-16-18-32-53(45)61(56(47)57(48)62)44-28-14-5-15-29-44/h1-26,28-38,42H,27H2. The normalized spacial score (nSPS) is 13.8. The molecule has 0 saturated heterocycles. The molecular weight excluding hydrogens is 753 g/mol. The Morgan fingerprint density at radius 1 is 0.419 bits per heavy atom. The van der Waals surface area contributed by atoms with Gasteiger partial charge in [0.1, 0.15) is 0 Å². The fraction of sp³-hybridized carbons (Fsp3) is 0.0345. The van der Waals surface area contributed by atoms with Gasteiger partial charge < -0.3 is 9.13 Å². The Kier molecular flexibility index (Phi) is 8.60. The number of nitrogens with zero attached hydrogens (tertiary/aromatic N) is 4. The maximum absolute atomic E-state index is 5.42. The molecule has 0 saturated carbocycles. The molecule has 1 atom stereocenters. The van der Waals surface area contributed by atoms with Crippen molar-refractivity contribution in [1.82, 2.24) is 19.1 Å². The van der Waals surface area contributed by atoms with E-state index in [1.54, 1.807) is 0 Å². The van der Waals surface area contributed by atoms with E-state index in [0.717, 1.165) is 73.6 Å². The number of fused-ring (bicyclic) bond motifs is 7. The zero-order valence-electron chi connectivity index (χ0n) is 33.9. The van der Waals surface area contributed by atoms with Crippen molar-refractivity contribution in [2.24, 2.45) is 0 Å². The highest BCUT2D eigenvalue weighted by Crippen LogP contribution is 2.47. The van der Waals surface area contributed by atoms with Gasteiger partial charge in [0.2, 0.25) is 0 Å². The second-order valence-electron chi connectivity index (χ2n) is 16.1. The minimum atomic E-state index is 0.155. The van der Waals surface area contributed by atoms with Crippen LogP contribution in [0, 0.1) is 0 Å². The van der Waals surface area contributed by atoms with Gasteiger partial charge in [-0.25, -0.2) is 9.97 Å². The van der Waals surface area contributed by atoms with E-state index in [0.29, 0.717) is 5.82 Å². The fourth-order valence-electron chi connectivity index (χ4n) is 9.60. The van der Waals surface area contributed by atoms with Crippen molar-refractivity contribution >= 4 is 43.6 Å². The molecule has 0 bridgehead atoms. The van der Waals surface area contributed by atoms with Crippen LogP contribution >= 0.6 is 0 Å². The van der Waals surface area contributed by atoms with Crippen LogP contribution < -0.4 is 0 Å². The third kappa shape index (κ3) is 5.91. The first-order valence-electron chi connectivity index (χ1n) is 21.4. The maximum atomic E-state index is 5.42. The average Bonchev–Trinajstić information content (AvgIpc) is 3.88. The van der Waals surface area contributed by atoms with Gasteiger partial charge >= 0.3 is 0 Å². The van der Waals surface area contributed by atoms with Gasteiger partial charge in [0.25, 0.3) is 0 Å². The molecule has 62 heavy (non-hydrogen) atoms. The summed E-state index contributed by atoms with van der Waals surface area (Å²) < 4.78 is 5.01. The van der Waals surface area contributed by atoms with Gasteiger partial charge in [0.05, 0.1) is 39.1 Å². The molecule has 0 amide bonds. The molecule has 4 heteroatoms. The Hall–Kier alpha value is -8.08. The predicted molar refractivity (Wildman–Crippen MR) is 258 cm³/mol. The molecule has 1 aliphatic rings. The monoisotopic (exact) mass is 792 g/mol. The first kappa shape index (κ1) is 35.8. The number of rotatable bonds is 7. The summed E-state index contributed by atoms with van der Waals surface area (Å²) in [5.41, 5.74) is 15.3. The van der Waals surface area contributed by atoms with E-state index in [9.17, 15) is 0 Å². The lowest BCUT2D eigenvalue weighted by molar-refractivity contribution is 0.811. The Morgan fingerprint density at radius 3 is 1.52 bits per heavy atom. The summed E-state index contributed by atoms with van der Waals surface area (Å²) in [5, 5.41) is 4.84. The highest BCUT2D eigenvalue weighted by molar-refractivity contribution is 6.24. The van der Waals surface area contributed by atoms with Gasteiger partial charge in [0, 0.05) is 55.4 Å². The second-order valence-corrected chi connectivity index (χ2v) is 16.1. The van der Waals surface area contributed by atoms with Gasteiger partial charge in [-0.15, -0.1) is 0 Å². The van der Waals surface area contributed by atoms with Crippen molar-refractivity contribution in [2.75, 3.05) is 0 Å². The van der Waals surface area contributed by atoms with Crippen LogP contribution in [0.1, 0.15) is 18.0 Å². The second kappa shape index (κ2) is 14.9. The zero-order valence-corrected chi connectivity index (χ0v) is 33.9. The molecule has 0 radical (unpaired) electrons. The van der Waals surface area contributed by atoms with Crippen LogP contribution in [0.3, 0.4) is 0 Å². The van der Waals surface area contributed by atoms with Crippen molar-refractivity contribution < 1.29 is 0 Å². The summed E-state index contributed by atoms with van der Waals surface area (Å²) in [5.74, 6) is 0.862. The molecule has 8 aromatic carbocycles. The molecule has 0 aliphatic heterocycles. The van der Waals surface area contributed by atoms with Crippen molar-refractivity contribution in [1.29, 1.82) is 0 Å². The van der Waals surface area contributed by atoms with E-state index in [-0.39, 0.29) is 5.92 Å². The number of hydrogen-bond donors (Lipinski definition) is 0. The number of hydrogen-bond acceptors (Lipinski definition) is 2. The van der Waals surface area contributed by atoms with E-state index in [1.807, 2.05) is 0 Å². The minimum Gasteiger partial charge on any atom is -0.307 e. The summed E-state index contributed by atoms with van der Waals surface area (Å²) in [7, 11) is 0. The van der Waals surface area contributed by atoms with Gasteiger partial charge in [-0.3, -0.25) is 0 Å². The van der Waals surface area contributed by atoms with Crippen molar-refractivity contribution in [3.63, 3.8) is 0 Å². The molecule has 0 spiro atoms. The summed E-state index contributed by atoms with van der Waals surface area (Å²) in [6, 6.07) is 72.1. The maximum Gasteiger partial charge on any atom is 0.160 e. The molecule has 1 unspecified atom stereocenters. The van der Waals surface area contributed by atoms with Crippen LogP contribution in [0.5, 0.6) is 0 Å². The molecule has 292 valence electrons. The SMILES string of the molecule is C1=CCC(c2cc(-c3ccccc3)nc(-c3cc(-c4ccccc4)c(-n4c5ccccc5c5ccc6c7ccccc7n(-c7ccccc7)c6c54)c(-c4ccccc4)c3)n2)C=C1. The molecular formula is C58H40N4. The Bertz CT molecular complexity index is 3460. The molecule has 1 aliphatic carbocycles. The van der Waals surface area contributed by atoms with E-state index < -0.39 is 0 Å². The van der Waals surface area contributed by atoms with Gasteiger partial charge in [0.15, 0.2) is 5.82 Å². The first-order valence-corrected chi connectivity index (χ1v) is 21.4. The highest BCUT2D eigenvalue weighted by Gasteiger charge is 2.26. The molecule has 3 heterocycles. The lowest BCUT2D eigenvalue weighted by Gasteiger charge is -2.22. The molecule has 3 aromatic heterocycles. The van der Waals surface area contributed by atoms with E-state index >= 15 is 0 Å². The molecule has 0 N–H and O–H groups in total. The van der Waals surface area contributed by atoms with Crippen molar-refractivity contribution in [3.05, 3.63) is 230 Å². The fourth-order valence-corrected chi connectivity index (χ4v) is 9.60. The number of aromatic nitrogens is 4. The molecule has 11 aromatic rings. The van der Waals surface area contributed by atoms with Crippen LogP contribution in [0.4, 0.5) is 0 Å². The van der Waals surface area contributed by atoms with Gasteiger partial charge in [-0.1, -0.05) is 182 Å². The first-order chi connectivity index (χ1) is 30.8. The van der Waals surface area contributed by atoms with E-state index in [2.05, 4.69) is 234 Å². The number of allylic oxidation sites excluding steroid dienone is 4. The third-order valence-corrected chi connectivity index (χ3v) is 12.4. The van der Waals surface area contributed by atoms with Crippen molar-refractivity contribution in [3.8, 4) is 56.3 Å². The van der Waals surface area contributed by atoms with Gasteiger partial charge in [-0.05, 0) is 60.0 Å². The van der Waals surface area contributed by atoms with Crippen molar-refractivity contribution in [2.45, 2.75) is 12.3 Å². The van der Waals surface area contributed by atoms with Crippen LogP contribution in [0.25, 0.3) is 99.9 Å². The Balaban J connectivity index is 1.24. The zero-order chi connectivity index (χ0) is 41.0. The van der Waals surface area contributed by atoms with Crippen LogP contribution in [0.2, 0.25) is 0 Å². The molecule has 4 nitrogen and oxygen atoms in total. The predicted octanol–water partition coefficient (Wildman–Crippen LogP) is 14.9. The largest absolute Gasteiger partial charge is 0.307 e. The Morgan fingerprint density at radius 2 is 0.935 bits per heavy atom. The van der Waals surface area contributed by atoms with E-state index in [1.165, 1.54) is 32.6 Å². The quantitative estimate of drug-likeness (QED) is 0.161. The number of benzene rings is 8. The Labute approximate surface area is 360 Å². The summed E-state index contributed by atoms with van der Waals surface area (Å²) in [6.07, 6.45) is 9.63. The summed E-state index contributed by atoms with van der Waals surface area (Å²) in [4.78, 5) is 10.8. The van der Waals surface area contributed by atoms with Crippen LogP contribution in [-0.2, 0) is 0 Å². The smallest absolute Gasteiger partial charge is 0.160 e. The molecule has 12 rings (SSSR count). The summed E-state index contributed by atoms with van der Waals surface area (Å²) in [6.45, 7) is 0.